The summed E-state index contributed by atoms with van der Waals surface area (Å²) in [5.41, 5.74) is -0.819. The summed E-state index contributed by atoms with van der Waals surface area (Å²) in [5, 5.41) is 25.6. The summed E-state index contributed by atoms with van der Waals surface area (Å²) in [7, 11) is 0. The van der Waals surface area contributed by atoms with E-state index in [9.17, 15) is 9.18 Å². The quantitative estimate of drug-likeness (QED) is 0.569. The lowest BCUT2D eigenvalue weighted by molar-refractivity contribution is 0.0689. The molecule has 0 saturated heterocycles. The molecule has 0 unspecified atom stereocenters. The van der Waals surface area contributed by atoms with Gasteiger partial charge < -0.3 is 15.3 Å². The highest BCUT2D eigenvalue weighted by Crippen LogP contribution is 2.20. The van der Waals surface area contributed by atoms with Gasteiger partial charge >= 0.3 is 5.97 Å². The first-order valence-electron chi connectivity index (χ1n) is 2.84. The lowest BCUT2D eigenvalue weighted by Crippen LogP contribution is -2.01. The molecule has 0 bridgehead atoms. The molecule has 1 heterocycles. The Morgan fingerprint density at radius 1 is 1.50 bits per heavy atom. The highest BCUT2D eigenvalue weighted by Gasteiger charge is 2.16. The zero-order valence-corrected chi connectivity index (χ0v) is 5.65. The number of carbonyl (C=O) groups is 1. The van der Waals surface area contributed by atoms with E-state index in [0.29, 0.717) is 6.07 Å². The van der Waals surface area contributed by atoms with Gasteiger partial charge in [-0.2, -0.15) is 4.98 Å². The molecule has 64 valence electrons. The van der Waals surface area contributed by atoms with Gasteiger partial charge in [-0.3, -0.25) is 0 Å². The van der Waals surface area contributed by atoms with Crippen molar-refractivity contribution in [3.05, 3.63) is 17.4 Å². The summed E-state index contributed by atoms with van der Waals surface area (Å²) in [6.07, 6.45) is 0. The number of carboxylic acids is 1. The molecule has 0 fully saturated rings. The lowest BCUT2D eigenvalue weighted by Gasteiger charge is -1.99. The monoisotopic (exact) mass is 173 g/mol. The number of aromatic nitrogens is 1. The summed E-state index contributed by atoms with van der Waals surface area (Å²) in [6.45, 7) is 0. The maximum absolute atomic E-state index is 12.6. The zero-order valence-electron chi connectivity index (χ0n) is 5.65. The van der Waals surface area contributed by atoms with Gasteiger partial charge in [-0.05, 0) is 0 Å². The normalized spacial score (nSPS) is 9.75. The number of hydrogen-bond acceptors (Lipinski definition) is 4. The van der Waals surface area contributed by atoms with Gasteiger partial charge in [0.15, 0.2) is 5.82 Å². The van der Waals surface area contributed by atoms with E-state index in [1.165, 1.54) is 0 Å². The van der Waals surface area contributed by atoms with Crippen LogP contribution in [-0.2, 0) is 0 Å². The predicted molar refractivity (Wildman–Crippen MR) is 34.5 cm³/mol. The van der Waals surface area contributed by atoms with Gasteiger partial charge in [0, 0.05) is 6.07 Å². The largest absolute Gasteiger partial charge is 0.493 e. The molecule has 12 heavy (non-hydrogen) atoms. The maximum Gasteiger partial charge on any atom is 0.339 e. The molecule has 0 atom stereocenters. The Bertz CT molecular complexity index is 339. The number of aromatic carboxylic acids is 1. The number of hydrogen-bond donors (Lipinski definition) is 3. The maximum atomic E-state index is 12.6. The Morgan fingerprint density at radius 3 is 2.58 bits per heavy atom. The second kappa shape index (κ2) is 2.65. The molecule has 0 amide bonds. The molecule has 1 aromatic heterocycles. The Kier molecular flexibility index (Phi) is 1.82. The highest BCUT2D eigenvalue weighted by atomic mass is 19.1. The standard InChI is InChI=1S/C6H4FNO4/c7-4-2(6(11)12)1-3(9)8-5(4)10/h1H,(H,11,12)(H2,8,9,10). The molecule has 0 radical (unpaired) electrons. The van der Waals surface area contributed by atoms with E-state index < -0.39 is 29.1 Å². The predicted octanol–water partition coefficient (Wildman–Crippen LogP) is 0.330. The van der Waals surface area contributed by atoms with Crippen molar-refractivity contribution in [2.75, 3.05) is 0 Å². The van der Waals surface area contributed by atoms with E-state index in [4.69, 9.17) is 15.3 Å². The summed E-state index contributed by atoms with van der Waals surface area (Å²) in [6, 6.07) is 0.609. The minimum Gasteiger partial charge on any atom is -0.493 e. The zero-order chi connectivity index (χ0) is 9.30. The third-order valence-electron chi connectivity index (χ3n) is 1.16. The van der Waals surface area contributed by atoms with Crippen molar-refractivity contribution >= 4 is 5.97 Å². The number of carboxylic acid groups (broad SMARTS) is 1. The van der Waals surface area contributed by atoms with Crippen LogP contribution in [0.25, 0.3) is 0 Å². The average Bonchev–Trinajstić information content (AvgIpc) is 1.96. The first-order chi connectivity index (χ1) is 5.52. The van der Waals surface area contributed by atoms with Crippen molar-refractivity contribution < 1.29 is 24.5 Å². The molecule has 5 nitrogen and oxygen atoms in total. The molecule has 0 aliphatic rings. The summed E-state index contributed by atoms with van der Waals surface area (Å²) in [5.74, 6) is -4.82. The van der Waals surface area contributed by atoms with Gasteiger partial charge in [-0.25, -0.2) is 9.18 Å². The number of halogens is 1. The molecule has 1 rings (SSSR count). The second-order valence-electron chi connectivity index (χ2n) is 1.97. The lowest BCUT2D eigenvalue weighted by atomic mass is 10.2. The van der Waals surface area contributed by atoms with E-state index in [1.807, 2.05) is 0 Å². The van der Waals surface area contributed by atoms with Crippen LogP contribution in [0.4, 0.5) is 4.39 Å². The third kappa shape index (κ3) is 1.26. The number of pyridine rings is 1. The molecule has 3 N–H and O–H groups in total. The number of rotatable bonds is 1. The Labute approximate surface area is 65.7 Å². The van der Waals surface area contributed by atoms with Crippen molar-refractivity contribution in [3.8, 4) is 11.8 Å². The third-order valence-corrected chi connectivity index (χ3v) is 1.16. The molecule has 0 saturated carbocycles. The molecular weight excluding hydrogens is 169 g/mol. The Balaban J connectivity index is 3.37. The fourth-order valence-corrected chi connectivity index (χ4v) is 0.658. The van der Waals surface area contributed by atoms with Crippen LogP contribution >= 0.6 is 0 Å². The first kappa shape index (κ1) is 8.25. The molecule has 0 aliphatic heterocycles. The Morgan fingerprint density at radius 2 is 2.08 bits per heavy atom. The fraction of sp³-hybridized carbons (Fsp3) is 0. The van der Waals surface area contributed by atoms with Crippen molar-refractivity contribution in [1.82, 2.24) is 4.98 Å². The van der Waals surface area contributed by atoms with Crippen LogP contribution in [0, 0.1) is 5.82 Å². The van der Waals surface area contributed by atoms with E-state index in [0.717, 1.165) is 0 Å². The smallest absolute Gasteiger partial charge is 0.339 e. The van der Waals surface area contributed by atoms with Crippen molar-refractivity contribution in [2.45, 2.75) is 0 Å². The second-order valence-corrected chi connectivity index (χ2v) is 1.97. The van der Waals surface area contributed by atoms with Crippen LogP contribution in [0.3, 0.4) is 0 Å². The van der Waals surface area contributed by atoms with Crippen LogP contribution in [0.2, 0.25) is 0 Å². The van der Waals surface area contributed by atoms with Crippen molar-refractivity contribution in [1.29, 1.82) is 0 Å². The molecule has 1 aromatic rings. The highest BCUT2D eigenvalue weighted by molar-refractivity contribution is 5.88. The van der Waals surface area contributed by atoms with Gasteiger partial charge in [-0.1, -0.05) is 0 Å². The van der Waals surface area contributed by atoms with E-state index in [2.05, 4.69) is 4.98 Å². The molecule has 0 aliphatic carbocycles. The van der Waals surface area contributed by atoms with Gasteiger partial charge in [0.1, 0.15) is 5.56 Å². The molecular formula is C6H4FNO4. The van der Waals surface area contributed by atoms with Gasteiger partial charge in [0.05, 0.1) is 0 Å². The van der Waals surface area contributed by atoms with Crippen LogP contribution in [0.5, 0.6) is 11.8 Å². The van der Waals surface area contributed by atoms with Gasteiger partial charge in [0.25, 0.3) is 5.88 Å². The van der Waals surface area contributed by atoms with Crippen LogP contribution in [0.1, 0.15) is 10.4 Å². The van der Waals surface area contributed by atoms with Gasteiger partial charge in [-0.15, -0.1) is 0 Å². The summed E-state index contributed by atoms with van der Waals surface area (Å²) in [4.78, 5) is 13.1. The van der Waals surface area contributed by atoms with E-state index in [1.54, 1.807) is 0 Å². The van der Waals surface area contributed by atoms with Crippen molar-refractivity contribution in [3.63, 3.8) is 0 Å². The minimum atomic E-state index is -1.58. The van der Waals surface area contributed by atoms with Crippen molar-refractivity contribution in [2.24, 2.45) is 0 Å². The topological polar surface area (TPSA) is 90.7 Å². The molecule has 0 spiro atoms. The average molecular weight is 173 g/mol. The summed E-state index contributed by atoms with van der Waals surface area (Å²) >= 11 is 0. The number of aromatic hydroxyl groups is 2. The van der Waals surface area contributed by atoms with E-state index >= 15 is 0 Å². The van der Waals surface area contributed by atoms with Crippen LogP contribution in [0.15, 0.2) is 6.07 Å². The Hall–Kier alpha value is -1.85. The molecule has 6 heteroatoms. The first-order valence-corrected chi connectivity index (χ1v) is 2.84. The van der Waals surface area contributed by atoms with E-state index in [-0.39, 0.29) is 0 Å². The van der Waals surface area contributed by atoms with Gasteiger partial charge in [0.2, 0.25) is 5.88 Å². The minimum absolute atomic E-state index is 0.609. The SMILES string of the molecule is O=C(O)c1cc(O)nc(O)c1F. The van der Waals surface area contributed by atoms with Crippen LogP contribution in [-0.4, -0.2) is 26.3 Å². The van der Waals surface area contributed by atoms with Crippen LogP contribution < -0.4 is 0 Å². The fourth-order valence-electron chi connectivity index (χ4n) is 0.658. The number of nitrogens with zero attached hydrogens (tertiary/aromatic N) is 1. The molecule has 0 aromatic carbocycles. The summed E-state index contributed by atoms with van der Waals surface area (Å²) < 4.78 is 12.6.